The van der Waals surface area contributed by atoms with Crippen LogP contribution in [-0.2, 0) is 39.2 Å². The van der Waals surface area contributed by atoms with Gasteiger partial charge < -0.3 is 15.9 Å². The molecule has 1 aliphatic heterocycles. The molecule has 0 radical (unpaired) electrons. The summed E-state index contributed by atoms with van der Waals surface area (Å²) in [5.41, 5.74) is 5.15. The van der Waals surface area contributed by atoms with E-state index in [9.17, 15) is 26.4 Å². The molecular formula is C11H16N6O9S3. The van der Waals surface area contributed by atoms with Crippen molar-refractivity contribution in [3.8, 4) is 0 Å². The van der Waals surface area contributed by atoms with Crippen molar-refractivity contribution in [1.29, 1.82) is 0 Å². The van der Waals surface area contributed by atoms with Crippen LogP contribution in [0.5, 0.6) is 0 Å². The van der Waals surface area contributed by atoms with Gasteiger partial charge in [-0.3, -0.25) is 18.3 Å². The Labute approximate surface area is 169 Å². The molecule has 18 heteroatoms. The summed E-state index contributed by atoms with van der Waals surface area (Å²) in [5, 5.41) is 7.19. The van der Waals surface area contributed by atoms with E-state index < -0.39 is 51.1 Å². The molecule has 2 amide bonds. The first kappa shape index (κ1) is 22.9. The van der Waals surface area contributed by atoms with Crippen molar-refractivity contribution in [2.24, 2.45) is 5.16 Å². The first-order chi connectivity index (χ1) is 13.4. The number of oxime groups is 1. The summed E-state index contributed by atoms with van der Waals surface area (Å²) >= 11 is 1.00. The summed E-state index contributed by atoms with van der Waals surface area (Å²) in [7, 11) is -7.08. The highest BCUT2D eigenvalue weighted by atomic mass is 32.2. The van der Waals surface area contributed by atoms with Gasteiger partial charge >= 0.3 is 20.6 Å². The topological polar surface area (TPSA) is 220 Å². The Bertz CT molecular complexity index is 1030. The first-order valence-electron chi connectivity index (χ1n) is 7.43. The summed E-state index contributed by atoms with van der Waals surface area (Å²) in [5.74, 6) is -2.21. The van der Waals surface area contributed by atoms with Crippen molar-refractivity contribution in [2.45, 2.75) is 12.1 Å². The number of carbonyl (C=O) groups excluding carboxylic acids is 2. The Hall–Kier alpha value is -2.38. The van der Waals surface area contributed by atoms with Crippen molar-refractivity contribution in [2.75, 3.05) is 26.5 Å². The van der Waals surface area contributed by atoms with Crippen molar-refractivity contribution < 1.29 is 40.0 Å². The predicted molar refractivity (Wildman–Crippen MR) is 98.1 cm³/mol. The molecule has 0 aromatic carbocycles. The second-order valence-corrected chi connectivity index (χ2v) is 9.00. The number of nitrogens with one attached hydrogen (secondary N) is 2. The fraction of sp³-hybridized carbons (Fsp3) is 0.455. The van der Waals surface area contributed by atoms with Gasteiger partial charge in [0.25, 0.3) is 11.8 Å². The maximum atomic E-state index is 12.5. The molecular weight excluding hydrogens is 456 g/mol. The lowest BCUT2D eigenvalue weighted by Crippen LogP contribution is -2.73. The summed E-state index contributed by atoms with van der Waals surface area (Å²) in [6.07, 6.45) is 0. The van der Waals surface area contributed by atoms with E-state index >= 15 is 0 Å². The molecule has 0 unspecified atom stereocenters. The number of nitrogen functional groups attached to an aromatic ring is 1. The highest BCUT2D eigenvalue weighted by Gasteiger charge is 2.54. The monoisotopic (exact) mass is 472 g/mol. The highest BCUT2D eigenvalue weighted by Crippen LogP contribution is 2.24. The quantitative estimate of drug-likeness (QED) is 0.123. The lowest BCUT2D eigenvalue weighted by Gasteiger charge is -2.43. The van der Waals surface area contributed by atoms with Gasteiger partial charge in [-0.25, -0.2) is 9.29 Å². The first-order valence-corrected chi connectivity index (χ1v) is 11.1. The number of nitrogens with zero attached hydrogens (tertiary/aromatic N) is 3. The maximum Gasteiger partial charge on any atom is 0.362 e. The lowest BCUT2D eigenvalue weighted by molar-refractivity contribution is -0.146. The minimum atomic E-state index is -5.03. The van der Waals surface area contributed by atoms with Crippen LogP contribution in [-0.4, -0.2) is 81.1 Å². The Balaban J connectivity index is 2.24. The van der Waals surface area contributed by atoms with E-state index in [4.69, 9.17) is 10.3 Å². The van der Waals surface area contributed by atoms with Gasteiger partial charge in [-0.2, -0.15) is 21.6 Å². The molecule has 1 aromatic heterocycles. The van der Waals surface area contributed by atoms with E-state index in [-0.39, 0.29) is 20.8 Å². The fourth-order valence-corrected chi connectivity index (χ4v) is 4.09. The normalized spacial score (nSPS) is 20.3. The number of anilines is 1. The van der Waals surface area contributed by atoms with E-state index in [0.29, 0.717) is 0 Å². The van der Waals surface area contributed by atoms with Crippen molar-refractivity contribution in [3.05, 3.63) is 11.1 Å². The van der Waals surface area contributed by atoms with Gasteiger partial charge in [-0.15, -0.1) is 11.3 Å². The molecule has 1 aliphatic rings. The average Bonchev–Trinajstić information content (AvgIpc) is 3.05. The van der Waals surface area contributed by atoms with Crippen LogP contribution in [0, 0.1) is 0 Å². The molecule has 1 aromatic rings. The molecule has 0 saturated carbocycles. The van der Waals surface area contributed by atoms with E-state index in [1.165, 1.54) is 5.38 Å². The summed E-state index contributed by atoms with van der Waals surface area (Å²) in [4.78, 5) is 33.0. The molecule has 0 bridgehead atoms. The third-order valence-electron chi connectivity index (χ3n) is 3.51. The molecule has 29 heavy (non-hydrogen) atoms. The number of hydrogen-bond acceptors (Lipinski definition) is 12. The van der Waals surface area contributed by atoms with Crippen LogP contribution in [0.3, 0.4) is 0 Å². The molecule has 1 saturated heterocycles. The predicted octanol–water partition coefficient (Wildman–Crippen LogP) is -2.94. The number of rotatable bonds is 9. The zero-order valence-corrected chi connectivity index (χ0v) is 17.2. The second-order valence-electron chi connectivity index (χ2n) is 5.27. The van der Waals surface area contributed by atoms with Crippen LogP contribution >= 0.6 is 11.3 Å². The molecule has 2 rings (SSSR count). The van der Waals surface area contributed by atoms with Gasteiger partial charge in [0.2, 0.25) is 0 Å². The number of carbonyl (C=O) groups is 2. The molecule has 2 heterocycles. The van der Waals surface area contributed by atoms with Gasteiger partial charge in [0.1, 0.15) is 24.9 Å². The number of hydrogen-bond donors (Lipinski definition) is 4. The fourth-order valence-electron chi connectivity index (χ4n) is 2.25. The molecule has 15 nitrogen and oxygen atoms in total. The van der Waals surface area contributed by atoms with Crippen LogP contribution < -0.4 is 15.8 Å². The molecule has 0 spiro atoms. The van der Waals surface area contributed by atoms with Crippen molar-refractivity contribution >= 4 is 54.6 Å². The summed E-state index contributed by atoms with van der Waals surface area (Å²) in [6.45, 7) is -0.875. The zero-order chi connectivity index (χ0) is 22.0. The number of aromatic nitrogens is 1. The van der Waals surface area contributed by atoms with E-state index in [2.05, 4.69) is 24.5 Å². The average molecular weight is 472 g/mol. The molecule has 162 valence electrons. The molecule has 5 N–H and O–H groups in total. The second kappa shape index (κ2) is 8.55. The zero-order valence-electron chi connectivity index (χ0n) is 14.8. The van der Waals surface area contributed by atoms with Crippen LogP contribution in [0.2, 0.25) is 0 Å². The van der Waals surface area contributed by atoms with Crippen LogP contribution in [0.25, 0.3) is 0 Å². The van der Waals surface area contributed by atoms with Crippen molar-refractivity contribution in [3.63, 3.8) is 0 Å². The van der Waals surface area contributed by atoms with Gasteiger partial charge in [-0.05, 0) is 0 Å². The summed E-state index contributed by atoms with van der Waals surface area (Å²) < 4.78 is 61.1. The Morgan fingerprint density at radius 1 is 1.45 bits per heavy atom. The standard InChI is InChI=1S/C11H16N6O9S3/c1-13-28(20,21)26-3-6-8(10(19)17(6)29(22,23)24)15-9(18)7(16-25-2)5-4-27-11(12)14-5/h4,6,8,13H,3H2,1-2H3,(H2,12,14)(H,15,18)(H,22,23,24)/b16-7-/t6-,8+/m1/s1. The minimum Gasteiger partial charge on any atom is -0.398 e. The maximum absolute atomic E-state index is 12.5. The minimum absolute atomic E-state index is 0.0168. The van der Waals surface area contributed by atoms with E-state index in [1.54, 1.807) is 0 Å². The van der Waals surface area contributed by atoms with E-state index in [1.807, 2.05) is 4.72 Å². The number of thiazole rings is 1. The Morgan fingerprint density at radius 3 is 2.59 bits per heavy atom. The van der Waals surface area contributed by atoms with Gasteiger partial charge in [-0.1, -0.05) is 5.16 Å². The molecule has 0 aliphatic carbocycles. The number of amides is 2. The molecule has 1 fully saturated rings. The van der Waals surface area contributed by atoms with Crippen molar-refractivity contribution in [1.82, 2.24) is 19.3 Å². The SMILES string of the molecule is CNS(=O)(=O)OC[C@@H]1[C@H](NC(=O)/C(=N\OC)c2csc(N)n2)C(=O)N1S(=O)(=O)O. The Morgan fingerprint density at radius 2 is 2.10 bits per heavy atom. The van der Waals surface area contributed by atoms with E-state index in [0.717, 1.165) is 25.5 Å². The number of β-lactam (4-membered cyclic amide) rings is 1. The lowest BCUT2D eigenvalue weighted by atomic mass is 9.99. The third-order valence-corrected chi connectivity index (χ3v) is 6.08. The summed E-state index contributed by atoms with van der Waals surface area (Å²) in [6, 6.07) is -3.09. The van der Waals surface area contributed by atoms with Gasteiger partial charge in [0.05, 0.1) is 6.61 Å². The smallest absolute Gasteiger partial charge is 0.362 e. The largest absolute Gasteiger partial charge is 0.398 e. The van der Waals surface area contributed by atoms with Crippen LogP contribution in [0.4, 0.5) is 5.13 Å². The Kier molecular flexibility index (Phi) is 6.75. The molecule has 2 atom stereocenters. The van der Waals surface area contributed by atoms with Gasteiger partial charge in [0.15, 0.2) is 10.8 Å². The van der Waals surface area contributed by atoms with Gasteiger partial charge in [0, 0.05) is 12.4 Å². The number of nitrogens with two attached hydrogens (primary N) is 1. The van der Waals surface area contributed by atoms with Crippen LogP contribution in [0.1, 0.15) is 5.69 Å². The third kappa shape index (κ3) is 5.16. The van der Waals surface area contributed by atoms with Crippen LogP contribution in [0.15, 0.2) is 10.5 Å². The highest BCUT2D eigenvalue weighted by molar-refractivity contribution is 7.84.